The van der Waals surface area contributed by atoms with Gasteiger partial charge < -0.3 is 4.74 Å². The lowest BCUT2D eigenvalue weighted by Crippen LogP contribution is -2.42. The second kappa shape index (κ2) is 10.2. The molecule has 5 nitrogen and oxygen atoms in total. The Morgan fingerprint density at radius 2 is 1.43 bits per heavy atom. The molecule has 6 heteroatoms. The van der Waals surface area contributed by atoms with Gasteiger partial charge in [0.1, 0.15) is 12.6 Å². The van der Waals surface area contributed by atoms with Crippen molar-refractivity contribution in [2.24, 2.45) is 0 Å². The Morgan fingerprint density at radius 1 is 0.867 bits per heavy atom. The standard InChI is InChI=1S/C24H25NO4S/c1-19-12-15-22(16-13-19)30(27,28)25-23(17-14-20-8-4-2-5-9-20)24(26)29-18-21-10-6-3-7-11-21/h2-13,15-16,23,25H,14,17-18H2,1H3. The summed E-state index contributed by atoms with van der Waals surface area (Å²) in [4.78, 5) is 12.9. The van der Waals surface area contributed by atoms with Crippen LogP contribution < -0.4 is 4.72 Å². The third kappa shape index (κ3) is 6.27. The van der Waals surface area contributed by atoms with E-state index in [9.17, 15) is 13.2 Å². The molecule has 1 N–H and O–H groups in total. The number of nitrogens with one attached hydrogen (secondary N) is 1. The molecule has 3 aromatic rings. The first-order valence-electron chi connectivity index (χ1n) is 9.77. The lowest BCUT2D eigenvalue weighted by molar-refractivity contribution is -0.147. The largest absolute Gasteiger partial charge is 0.460 e. The van der Waals surface area contributed by atoms with Crippen molar-refractivity contribution in [3.8, 4) is 0 Å². The summed E-state index contributed by atoms with van der Waals surface area (Å²) in [7, 11) is -3.86. The van der Waals surface area contributed by atoms with Crippen LogP contribution in [0.1, 0.15) is 23.1 Å². The summed E-state index contributed by atoms with van der Waals surface area (Å²) in [6.45, 7) is 1.97. The number of esters is 1. The summed E-state index contributed by atoms with van der Waals surface area (Å²) in [5.41, 5.74) is 2.82. The fourth-order valence-electron chi connectivity index (χ4n) is 2.98. The molecule has 0 heterocycles. The molecule has 0 fully saturated rings. The molecular weight excluding hydrogens is 398 g/mol. The van der Waals surface area contributed by atoms with Gasteiger partial charge in [0.05, 0.1) is 4.90 Å². The zero-order chi connectivity index (χ0) is 21.4. The van der Waals surface area contributed by atoms with Gasteiger partial charge in [0.2, 0.25) is 10.0 Å². The highest BCUT2D eigenvalue weighted by Gasteiger charge is 2.27. The van der Waals surface area contributed by atoms with Crippen LogP contribution in [0.2, 0.25) is 0 Å². The van der Waals surface area contributed by atoms with Crippen LogP contribution in [-0.2, 0) is 32.6 Å². The predicted molar refractivity (Wildman–Crippen MR) is 116 cm³/mol. The smallest absolute Gasteiger partial charge is 0.324 e. The van der Waals surface area contributed by atoms with Crippen LogP contribution in [0.3, 0.4) is 0 Å². The van der Waals surface area contributed by atoms with Gasteiger partial charge in [0, 0.05) is 0 Å². The molecule has 30 heavy (non-hydrogen) atoms. The molecule has 0 aliphatic rings. The first-order valence-corrected chi connectivity index (χ1v) is 11.3. The molecule has 1 atom stereocenters. The molecule has 3 aromatic carbocycles. The number of hydrogen-bond donors (Lipinski definition) is 1. The third-order valence-corrected chi connectivity index (χ3v) is 6.19. The van der Waals surface area contributed by atoms with Crippen molar-refractivity contribution in [2.75, 3.05) is 0 Å². The van der Waals surface area contributed by atoms with Gasteiger partial charge in [0.15, 0.2) is 0 Å². The van der Waals surface area contributed by atoms with Crippen molar-refractivity contribution in [2.45, 2.75) is 37.3 Å². The third-order valence-electron chi connectivity index (χ3n) is 4.70. The maximum atomic E-state index is 12.8. The molecule has 0 bridgehead atoms. The molecule has 3 rings (SSSR count). The van der Waals surface area contributed by atoms with Crippen LogP contribution in [0.15, 0.2) is 89.8 Å². The lowest BCUT2D eigenvalue weighted by atomic mass is 10.1. The van der Waals surface area contributed by atoms with Crippen molar-refractivity contribution in [3.05, 3.63) is 102 Å². The van der Waals surface area contributed by atoms with Gasteiger partial charge in [-0.2, -0.15) is 4.72 Å². The van der Waals surface area contributed by atoms with E-state index < -0.39 is 22.0 Å². The SMILES string of the molecule is Cc1ccc(S(=O)(=O)NC(CCc2ccccc2)C(=O)OCc2ccccc2)cc1. The normalized spacial score (nSPS) is 12.3. The molecule has 0 radical (unpaired) electrons. The van der Waals surface area contributed by atoms with Crippen LogP contribution in [-0.4, -0.2) is 20.4 Å². The second-order valence-corrected chi connectivity index (χ2v) is 8.82. The second-order valence-electron chi connectivity index (χ2n) is 7.10. The topological polar surface area (TPSA) is 72.5 Å². The van der Waals surface area contributed by atoms with Gasteiger partial charge in [-0.15, -0.1) is 0 Å². The molecule has 0 amide bonds. The fourth-order valence-corrected chi connectivity index (χ4v) is 4.20. The molecule has 156 valence electrons. The van der Waals surface area contributed by atoms with E-state index >= 15 is 0 Å². The van der Waals surface area contributed by atoms with Crippen LogP contribution in [0.5, 0.6) is 0 Å². The maximum absolute atomic E-state index is 12.8. The molecule has 0 aliphatic heterocycles. The zero-order valence-electron chi connectivity index (χ0n) is 16.8. The van der Waals surface area contributed by atoms with Gasteiger partial charge in [-0.3, -0.25) is 4.79 Å². The number of aryl methyl sites for hydroxylation is 2. The number of sulfonamides is 1. The molecule has 0 aliphatic carbocycles. The average molecular weight is 424 g/mol. The Balaban J connectivity index is 1.73. The van der Waals surface area contributed by atoms with E-state index in [0.29, 0.717) is 12.8 Å². The van der Waals surface area contributed by atoms with Crippen molar-refractivity contribution in [1.82, 2.24) is 4.72 Å². The molecule has 0 spiro atoms. The summed E-state index contributed by atoms with van der Waals surface area (Å²) in [6.07, 6.45) is 0.838. The van der Waals surface area contributed by atoms with Gasteiger partial charge in [-0.25, -0.2) is 8.42 Å². The van der Waals surface area contributed by atoms with Crippen LogP contribution >= 0.6 is 0 Å². The Bertz CT molecular complexity index is 1050. The van der Waals surface area contributed by atoms with E-state index in [-0.39, 0.29) is 11.5 Å². The highest BCUT2D eigenvalue weighted by atomic mass is 32.2. The highest BCUT2D eigenvalue weighted by Crippen LogP contribution is 2.14. The van der Waals surface area contributed by atoms with E-state index in [0.717, 1.165) is 16.7 Å². The minimum atomic E-state index is -3.86. The van der Waals surface area contributed by atoms with Crippen LogP contribution in [0, 0.1) is 6.92 Å². The molecule has 1 unspecified atom stereocenters. The number of ether oxygens (including phenoxy) is 1. The predicted octanol–water partition coefficient (Wildman–Crippen LogP) is 4.02. The number of carbonyl (C=O) groups excluding carboxylic acids is 1. The number of carbonyl (C=O) groups is 1. The minimum Gasteiger partial charge on any atom is -0.460 e. The number of rotatable bonds is 9. The Labute approximate surface area is 177 Å². The quantitative estimate of drug-likeness (QED) is 0.528. The number of benzene rings is 3. The van der Waals surface area contributed by atoms with Crippen molar-refractivity contribution < 1.29 is 17.9 Å². The van der Waals surface area contributed by atoms with Gasteiger partial charge in [0.25, 0.3) is 0 Å². The Kier molecular flexibility index (Phi) is 7.38. The summed E-state index contributed by atoms with van der Waals surface area (Å²) < 4.78 is 33.6. The molecule has 0 saturated heterocycles. The average Bonchev–Trinajstić information content (AvgIpc) is 2.76. The van der Waals surface area contributed by atoms with E-state index in [1.807, 2.05) is 67.6 Å². The highest BCUT2D eigenvalue weighted by molar-refractivity contribution is 7.89. The monoisotopic (exact) mass is 423 g/mol. The Morgan fingerprint density at radius 3 is 2.03 bits per heavy atom. The van der Waals surface area contributed by atoms with Gasteiger partial charge in [-0.1, -0.05) is 78.4 Å². The van der Waals surface area contributed by atoms with E-state index in [4.69, 9.17) is 4.74 Å². The van der Waals surface area contributed by atoms with Gasteiger partial charge >= 0.3 is 5.97 Å². The molecular formula is C24H25NO4S. The minimum absolute atomic E-state index is 0.0910. The van der Waals surface area contributed by atoms with E-state index in [1.54, 1.807) is 12.1 Å². The summed E-state index contributed by atoms with van der Waals surface area (Å²) in [5, 5.41) is 0. The molecule has 0 saturated carbocycles. The van der Waals surface area contributed by atoms with Crippen LogP contribution in [0.4, 0.5) is 0 Å². The van der Waals surface area contributed by atoms with Gasteiger partial charge in [-0.05, 0) is 43.0 Å². The first-order chi connectivity index (χ1) is 14.4. The maximum Gasteiger partial charge on any atom is 0.324 e. The first kappa shape index (κ1) is 21.7. The van der Waals surface area contributed by atoms with Crippen molar-refractivity contribution in [1.29, 1.82) is 0 Å². The van der Waals surface area contributed by atoms with Crippen molar-refractivity contribution >= 4 is 16.0 Å². The Hall–Kier alpha value is -2.96. The lowest BCUT2D eigenvalue weighted by Gasteiger charge is -2.18. The van der Waals surface area contributed by atoms with Crippen LogP contribution in [0.25, 0.3) is 0 Å². The van der Waals surface area contributed by atoms with E-state index in [2.05, 4.69) is 4.72 Å². The summed E-state index contributed by atoms with van der Waals surface area (Å²) >= 11 is 0. The summed E-state index contributed by atoms with van der Waals surface area (Å²) in [5.74, 6) is -0.592. The summed E-state index contributed by atoms with van der Waals surface area (Å²) in [6, 6.07) is 24.4. The van der Waals surface area contributed by atoms with Crippen molar-refractivity contribution in [3.63, 3.8) is 0 Å². The molecule has 0 aromatic heterocycles. The zero-order valence-corrected chi connectivity index (χ0v) is 17.6. The fraction of sp³-hybridized carbons (Fsp3) is 0.208. The number of hydrogen-bond acceptors (Lipinski definition) is 4. The van der Waals surface area contributed by atoms with E-state index in [1.165, 1.54) is 12.1 Å².